The Balaban J connectivity index is 1.59. The number of amidine groups is 1. The lowest BCUT2D eigenvalue weighted by Crippen LogP contribution is -2.28. The molecule has 3 aromatic carbocycles. The van der Waals surface area contributed by atoms with Gasteiger partial charge in [-0.1, -0.05) is 28.1 Å². The van der Waals surface area contributed by atoms with Crippen molar-refractivity contribution in [2.45, 2.75) is 20.5 Å². The number of carboxylic acids is 1. The van der Waals surface area contributed by atoms with Crippen LogP contribution in [-0.4, -0.2) is 40.2 Å². The first-order valence-corrected chi connectivity index (χ1v) is 14.4. The third-order valence-corrected chi connectivity index (χ3v) is 7.81. The van der Waals surface area contributed by atoms with E-state index in [9.17, 15) is 9.59 Å². The average Bonchev–Trinajstić information content (AvgIpc) is 3.18. The van der Waals surface area contributed by atoms with Gasteiger partial charge >= 0.3 is 5.97 Å². The summed E-state index contributed by atoms with van der Waals surface area (Å²) in [5, 5.41) is 9.65. The highest BCUT2D eigenvalue weighted by atomic mass is 127. The summed E-state index contributed by atoms with van der Waals surface area (Å²) in [4.78, 5) is 31.0. The van der Waals surface area contributed by atoms with Crippen LogP contribution in [0, 0.1) is 3.57 Å². The number of hydrogen-bond acceptors (Lipinski definition) is 6. The first kappa shape index (κ1) is 28.2. The molecular formula is C28H24BrIN2O5S. The quantitative estimate of drug-likeness (QED) is 0.185. The highest BCUT2D eigenvalue weighted by Gasteiger charge is 2.32. The minimum absolute atomic E-state index is 0.137. The number of nitrogens with zero attached hydrogens (tertiary/aromatic N) is 2. The van der Waals surface area contributed by atoms with Crippen LogP contribution >= 0.6 is 50.3 Å². The zero-order valence-corrected chi connectivity index (χ0v) is 25.2. The van der Waals surface area contributed by atoms with Crippen LogP contribution in [-0.2, 0) is 11.4 Å². The molecule has 38 heavy (non-hydrogen) atoms. The first-order valence-electron chi connectivity index (χ1n) is 11.8. The summed E-state index contributed by atoms with van der Waals surface area (Å²) in [6, 6.07) is 18.0. The number of halogens is 2. The Morgan fingerprint density at radius 1 is 1.11 bits per heavy atom. The van der Waals surface area contributed by atoms with Gasteiger partial charge in [-0.2, -0.15) is 0 Å². The lowest BCUT2D eigenvalue weighted by Gasteiger charge is -2.15. The predicted octanol–water partition coefficient (Wildman–Crippen LogP) is 7.35. The van der Waals surface area contributed by atoms with Gasteiger partial charge in [0.2, 0.25) is 0 Å². The van der Waals surface area contributed by atoms with E-state index in [4.69, 9.17) is 14.6 Å². The highest BCUT2D eigenvalue weighted by Crippen LogP contribution is 2.38. The Morgan fingerprint density at radius 3 is 2.45 bits per heavy atom. The number of carbonyl (C=O) groups is 2. The SMILES string of the molecule is CCOc1cc(/C=C2\SC(=Nc3ccc(C(=O)O)cc3)N(CC)C2=O)cc(I)c1OCc1ccc(Br)cc1. The standard InChI is InChI=1S/C28H24BrIN2O5S/c1-3-32-26(33)24(38-28(32)31-21-11-7-19(8-12-21)27(34)35)15-18-13-22(30)25(23(14-18)36-4-2)37-16-17-5-9-20(29)10-6-17/h5-15H,3-4,16H2,1-2H3,(H,34,35)/b24-15-,31-28?. The summed E-state index contributed by atoms with van der Waals surface area (Å²) < 4.78 is 13.9. The normalized spacial score (nSPS) is 15.4. The summed E-state index contributed by atoms with van der Waals surface area (Å²) in [6.45, 7) is 5.13. The summed E-state index contributed by atoms with van der Waals surface area (Å²) in [5.41, 5.74) is 2.61. The molecule has 0 atom stereocenters. The molecule has 1 fully saturated rings. The van der Waals surface area contributed by atoms with E-state index in [1.165, 1.54) is 23.9 Å². The molecule has 1 heterocycles. The number of rotatable bonds is 9. The summed E-state index contributed by atoms with van der Waals surface area (Å²) in [6.07, 6.45) is 1.83. The molecule has 0 aromatic heterocycles. The molecule has 196 valence electrons. The van der Waals surface area contributed by atoms with Crippen molar-refractivity contribution in [3.63, 3.8) is 0 Å². The Hall–Kier alpha value is -2.83. The number of carboxylic acid groups (broad SMARTS) is 1. The minimum atomic E-state index is -0.999. The van der Waals surface area contributed by atoms with Crippen molar-refractivity contribution in [3.8, 4) is 11.5 Å². The molecule has 1 aliphatic heterocycles. The molecule has 0 radical (unpaired) electrons. The van der Waals surface area contributed by atoms with Gasteiger partial charge in [0.25, 0.3) is 5.91 Å². The van der Waals surface area contributed by atoms with Gasteiger partial charge in [0.15, 0.2) is 16.7 Å². The maximum absolute atomic E-state index is 13.1. The number of aliphatic imine (C=N–C) groups is 1. The van der Waals surface area contributed by atoms with Gasteiger partial charge in [0, 0.05) is 11.0 Å². The number of benzene rings is 3. The summed E-state index contributed by atoms with van der Waals surface area (Å²) in [5.74, 6) is 0.131. The zero-order valence-electron chi connectivity index (χ0n) is 20.6. The lowest BCUT2D eigenvalue weighted by atomic mass is 10.1. The second-order valence-electron chi connectivity index (χ2n) is 8.08. The second-order valence-corrected chi connectivity index (χ2v) is 11.2. The largest absolute Gasteiger partial charge is 0.490 e. The predicted molar refractivity (Wildman–Crippen MR) is 162 cm³/mol. The van der Waals surface area contributed by atoms with E-state index >= 15 is 0 Å². The van der Waals surface area contributed by atoms with E-state index in [-0.39, 0.29) is 11.5 Å². The molecule has 1 aliphatic rings. The van der Waals surface area contributed by atoms with E-state index in [0.29, 0.717) is 47.0 Å². The molecule has 4 rings (SSSR count). The second kappa shape index (κ2) is 12.8. The number of aromatic carboxylic acids is 1. The van der Waals surface area contributed by atoms with E-state index in [0.717, 1.165) is 19.2 Å². The van der Waals surface area contributed by atoms with Gasteiger partial charge in [-0.3, -0.25) is 9.69 Å². The van der Waals surface area contributed by atoms with Crippen molar-refractivity contribution >= 4 is 79.1 Å². The molecule has 1 N–H and O–H groups in total. The van der Waals surface area contributed by atoms with Crippen LogP contribution in [0.2, 0.25) is 0 Å². The maximum Gasteiger partial charge on any atom is 0.335 e. The van der Waals surface area contributed by atoms with Crippen LogP contribution in [0.4, 0.5) is 5.69 Å². The third-order valence-electron chi connectivity index (χ3n) is 5.47. The van der Waals surface area contributed by atoms with Crippen LogP contribution in [0.1, 0.15) is 35.3 Å². The molecule has 0 saturated carbocycles. The van der Waals surface area contributed by atoms with Crippen LogP contribution in [0.15, 0.2) is 75.0 Å². The van der Waals surface area contributed by atoms with Crippen molar-refractivity contribution in [2.24, 2.45) is 4.99 Å². The maximum atomic E-state index is 13.1. The fraction of sp³-hybridized carbons (Fsp3) is 0.179. The van der Waals surface area contributed by atoms with Gasteiger partial charge in [-0.05, 0) is 114 Å². The first-order chi connectivity index (χ1) is 18.3. The summed E-state index contributed by atoms with van der Waals surface area (Å²) in [7, 11) is 0. The zero-order chi connectivity index (χ0) is 27.2. The Bertz CT molecular complexity index is 1410. The number of likely N-dealkylation sites (N-methyl/N-ethyl adjacent to an activating group) is 1. The van der Waals surface area contributed by atoms with Crippen molar-refractivity contribution in [1.82, 2.24) is 4.90 Å². The number of hydrogen-bond donors (Lipinski definition) is 1. The molecule has 1 saturated heterocycles. The summed E-state index contributed by atoms with van der Waals surface area (Å²) >= 11 is 6.95. The minimum Gasteiger partial charge on any atom is -0.490 e. The van der Waals surface area contributed by atoms with E-state index < -0.39 is 5.97 Å². The average molecular weight is 707 g/mol. The molecule has 0 bridgehead atoms. The number of ether oxygens (including phenoxy) is 2. The van der Waals surface area contributed by atoms with Gasteiger partial charge < -0.3 is 14.6 Å². The van der Waals surface area contributed by atoms with Gasteiger partial charge in [-0.25, -0.2) is 9.79 Å². The lowest BCUT2D eigenvalue weighted by molar-refractivity contribution is -0.122. The highest BCUT2D eigenvalue weighted by molar-refractivity contribution is 14.1. The van der Waals surface area contributed by atoms with Gasteiger partial charge in [-0.15, -0.1) is 0 Å². The molecule has 0 unspecified atom stereocenters. The molecular weight excluding hydrogens is 683 g/mol. The fourth-order valence-corrected chi connectivity index (χ4v) is 5.73. The van der Waals surface area contributed by atoms with Crippen LogP contribution < -0.4 is 9.47 Å². The van der Waals surface area contributed by atoms with Crippen molar-refractivity contribution in [2.75, 3.05) is 13.2 Å². The van der Waals surface area contributed by atoms with E-state index in [1.54, 1.807) is 17.0 Å². The van der Waals surface area contributed by atoms with E-state index in [1.807, 2.05) is 56.3 Å². The number of amides is 1. The topological polar surface area (TPSA) is 88.4 Å². The van der Waals surface area contributed by atoms with Crippen molar-refractivity contribution in [3.05, 3.63) is 90.3 Å². The molecule has 1 amide bonds. The molecule has 0 aliphatic carbocycles. The molecule has 0 spiro atoms. The number of carbonyl (C=O) groups excluding carboxylic acids is 1. The molecule has 7 nitrogen and oxygen atoms in total. The fourth-order valence-electron chi connectivity index (χ4n) is 3.62. The molecule has 10 heteroatoms. The Labute approximate surface area is 247 Å². The van der Waals surface area contributed by atoms with Crippen LogP contribution in [0.3, 0.4) is 0 Å². The van der Waals surface area contributed by atoms with Gasteiger partial charge in [0.05, 0.1) is 26.3 Å². The van der Waals surface area contributed by atoms with Crippen LogP contribution in [0.5, 0.6) is 11.5 Å². The van der Waals surface area contributed by atoms with Gasteiger partial charge in [0.1, 0.15) is 6.61 Å². The Kier molecular flexibility index (Phi) is 9.50. The Morgan fingerprint density at radius 2 is 1.82 bits per heavy atom. The van der Waals surface area contributed by atoms with Crippen molar-refractivity contribution in [1.29, 1.82) is 0 Å². The van der Waals surface area contributed by atoms with Crippen LogP contribution in [0.25, 0.3) is 6.08 Å². The smallest absolute Gasteiger partial charge is 0.335 e. The molecule has 3 aromatic rings. The van der Waals surface area contributed by atoms with Crippen molar-refractivity contribution < 1.29 is 24.2 Å². The third kappa shape index (κ3) is 6.78. The van der Waals surface area contributed by atoms with E-state index in [2.05, 4.69) is 43.5 Å². The monoisotopic (exact) mass is 706 g/mol. The number of thioether (sulfide) groups is 1.